The van der Waals surface area contributed by atoms with Crippen LogP contribution in [-0.2, 0) is 11.2 Å². The SMILES string of the molecule is CC(C(=O)NCCc1[nH]cnc1-c1cccs1)N1C(=O)c2ccccc2C1=O. The standard InChI is InChI=1S/C20H18N4O3S/c1-12(24-19(26)13-5-2-3-6-14(13)20(24)27)18(25)21-9-8-15-17(23-11-22-15)16-7-4-10-28-16/h2-7,10-12H,8-9H2,1H3,(H,21,25)(H,22,23). The number of imide groups is 1. The van der Waals surface area contributed by atoms with E-state index in [1.54, 1.807) is 48.9 Å². The van der Waals surface area contributed by atoms with Crippen molar-refractivity contribution in [2.75, 3.05) is 6.54 Å². The summed E-state index contributed by atoms with van der Waals surface area (Å²) in [6.45, 7) is 1.93. The van der Waals surface area contributed by atoms with Crippen molar-refractivity contribution < 1.29 is 14.4 Å². The fraction of sp³-hybridized carbons (Fsp3) is 0.200. The van der Waals surface area contributed by atoms with Gasteiger partial charge in [-0.05, 0) is 30.5 Å². The highest BCUT2D eigenvalue weighted by molar-refractivity contribution is 7.13. The molecule has 1 unspecified atom stereocenters. The third kappa shape index (κ3) is 3.11. The Morgan fingerprint density at radius 3 is 2.54 bits per heavy atom. The number of thiophene rings is 1. The molecule has 7 nitrogen and oxygen atoms in total. The number of H-pyrrole nitrogens is 1. The number of nitrogens with one attached hydrogen (secondary N) is 2. The Bertz CT molecular complexity index is 1010. The number of fused-ring (bicyclic) bond motifs is 1. The van der Waals surface area contributed by atoms with Crippen molar-refractivity contribution in [3.8, 4) is 10.6 Å². The van der Waals surface area contributed by atoms with E-state index in [9.17, 15) is 14.4 Å². The van der Waals surface area contributed by atoms with Crippen molar-refractivity contribution in [2.45, 2.75) is 19.4 Å². The lowest BCUT2D eigenvalue weighted by Crippen LogP contribution is -2.48. The highest BCUT2D eigenvalue weighted by Crippen LogP contribution is 2.26. The largest absolute Gasteiger partial charge is 0.354 e. The molecule has 3 amide bonds. The average Bonchev–Trinajstić information content (AvgIpc) is 3.43. The van der Waals surface area contributed by atoms with Gasteiger partial charge in [-0.15, -0.1) is 11.3 Å². The fourth-order valence-corrected chi connectivity index (χ4v) is 4.02. The summed E-state index contributed by atoms with van der Waals surface area (Å²) in [5, 5.41) is 4.79. The number of aromatic nitrogens is 2. The van der Waals surface area contributed by atoms with Crippen molar-refractivity contribution in [2.24, 2.45) is 0 Å². The molecule has 2 N–H and O–H groups in total. The van der Waals surface area contributed by atoms with Gasteiger partial charge in [0.15, 0.2) is 0 Å². The molecule has 142 valence electrons. The molecule has 1 atom stereocenters. The van der Waals surface area contributed by atoms with Crippen molar-refractivity contribution in [1.29, 1.82) is 0 Å². The van der Waals surface area contributed by atoms with E-state index in [2.05, 4.69) is 15.3 Å². The number of hydrogen-bond acceptors (Lipinski definition) is 5. The third-order valence-corrected chi connectivity index (χ3v) is 5.62. The van der Waals surface area contributed by atoms with Gasteiger partial charge in [0, 0.05) is 18.7 Å². The maximum Gasteiger partial charge on any atom is 0.262 e. The molecule has 8 heteroatoms. The number of hydrogen-bond donors (Lipinski definition) is 2. The normalized spacial score (nSPS) is 14.2. The number of aromatic amines is 1. The van der Waals surface area contributed by atoms with Gasteiger partial charge in [-0.1, -0.05) is 18.2 Å². The van der Waals surface area contributed by atoms with E-state index < -0.39 is 17.9 Å². The Kier molecular flexibility index (Phi) is 4.79. The van der Waals surface area contributed by atoms with Gasteiger partial charge < -0.3 is 10.3 Å². The number of nitrogens with zero attached hydrogens (tertiary/aromatic N) is 2. The first-order chi connectivity index (χ1) is 13.6. The number of imidazole rings is 1. The van der Waals surface area contributed by atoms with Crippen LogP contribution < -0.4 is 5.32 Å². The van der Waals surface area contributed by atoms with E-state index in [0.29, 0.717) is 24.1 Å². The summed E-state index contributed by atoms with van der Waals surface area (Å²) in [6.07, 6.45) is 2.20. The molecule has 0 saturated carbocycles. The molecule has 0 aliphatic carbocycles. The van der Waals surface area contributed by atoms with E-state index in [4.69, 9.17) is 0 Å². The van der Waals surface area contributed by atoms with Crippen LogP contribution in [0, 0.1) is 0 Å². The number of benzene rings is 1. The predicted octanol–water partition coefficient (Wildman–Crippen LogP) is 2.48. The molecule has 0 saturated heterocycles. The molecular weight excluding hydrogens is 376 g/mol. The van der Waals surface area contributed by atoms with Gasteiger partial charge in [-0.2, -0.15) is 0 Å². The highest BCUT2D eigenvalue weighted by Gasteiger charge is 2.40. The van der Waals surface area contributed by atoms with Gasteiger partial charge >= 0.3 is 0 Å². The Labute approximate surface area is 165 Å². The number of carbonyl (C=O) groups is 3. The average molecular weight is 394 g/mol. The maximum absolute atomic E-state index is 12.5. The van der Waals surface area contributed by atoms with Gasteiger partial charge in [0.2, 0.25) is 5.91 Å². The van der Waals surface area contributed by atoms with Crippen LogP contribution in [0.1, 0.15) is 33.3 Å². The zero-order valence-electron chi connectivity index (χ0n) is 15.1. The van der Waals surface area contributed by atoms with Crippen LogP contribution >= 0.6 is 11.3 Å². The Morgan fingerprint density at radius 1 is 1.18 bits per heavy atom. The summed E-state index contributed by atoms with van der Waals surface area (Å²) < 4.78 is 0. The minimum Gasteiger partial charge on any atom is -0.354 e. The van der Waals surface area contributed by atoms with Crippen molar-refractivity contribution in [3.05, 3.63) is 64.9 Å². The first-order valence-corrected chi connectivity index (χ1v) is 9.76. The first-order valence-electron chi connectivity index (χ1n) is 8.88. The minimum absolute atomic E-state index is 0.338. The first kappa shape index (κ1) is 18.1. The second kappa shape index (κ2) is 7.40. The monoisotopic (exact) mass is 394 g/mol. The zero-order valence-corrected chi connectivity index (χ0v) is 16.0. The molecule has 3 aromatic rings. The molecule has 0 fully saturated rings. The molecule has 0 bridgehead atoms. The summed E-state index contributed by atoms with van der Waals surface area (Å²) in [6, 6.07) is 9.68. The molecule has 1 aliphatic rings. The molecule has 1 aromatic carbocycles. The van der Waals surface area contributed by atoms with Crippen molar-refractivity contribution >= 4 is 29.1 Å². The van der Waals surface area contributed by atoms with Crippen LogP contribution in [0.3, 0.4) is 0 Å². The van der Waals surface area contributed by atoms with Gasteiger partial charge in [0.1, 0.15) is 11.7 Å². The number of amides is 3. The summed E-state index contributed by atoms with van der Waals surface area (Å²) in [4.78, 5) is 47.1. The van der Waals surface area contributed by atoms with Crippen LogP contribution in [0.5, 0.6) is 0 Å². The molecule has 4 rings (SSSR count). The Hall–Kier alpha value is -3.26. The van der Waals surface area contributed by atoms with Gasteiger partial charge in [0.05, 0.1) is 22.3 Å². The van der Waals surface area contributed by atoms with E-state index in [1.165, 1.54) is 0 Å². The molecule has 0 radical (unpaired) electrons. The molecule has 1 aliphatic heterocycles. The fourth-order valence-electron chi connectivity index (χ4n) is 3.27. The van der Waals surface area contributed by atoms with Crippen LogP contribution in [-0.4, -0.2) is 45.2 Å². The molecule has 3 heterocycles. The smallest absolute Gasteiger partial charge is 0.262 e. The van der Waals surface area contributed by atoms with Crippen LogP contribution in [0.15, 0.2) is 48.1 Å². The predicted molar refractivity (Wildman–Crippen MR) is 105 cm³/mol. The maximum atomic E-state index is 12.5. The lowest BCUT2D eigenvalue weighted by molar-refractivity contribution is -0.124. The topological polar surface area (TPSA) is 95.2 Å². The van der Waals surface area contributed by atoms with E-state index in [1.807, 2.05) is 17.5 Å². The number of carbonyl (C=O) groups excluding carboxylic acids is 3. The Morgan fingerprint density at radius 2 is 1.89 bits per heavy atom. The van der Waals surface area contributed by atoms with Crippen LogP contribution in [0.25, 0.3) is 10.6 Å². The minimum atomic E-state index is -0.883. The lowest BCUT2D eigenvalue weighted by Gasteiger charge is -2.21. The quantitative estimate of drug-likeness (QED) is 0.628. The van der Waals surface area contributed by atoms with Crippen LogP contribution in [0.2, 0.25) is 0 Å². The lowest BCUT2D eigenvalue weighted by atomic mass is 10.1. The van der Waals surface area contributed by atoms with Crippen molar-refractivity contribution in [1.82, 2.24) is 20.2 Å². The van der Waals surface area contributed by atoms with E-state index in [0.717, 1.165) is 21.2 Å². The summed E-state index contributed by atoms with van der Waals surface area (Å²) in [7, 11) is 0. The molecular formula is C20H18N4O3S. The van der Waals surface area contributed by atoms with Crippen LogP contribution in [0.4, 0.5) is 0 Å². The second-order valence-electron chi connectivity index (χ2n) is 6.45. The van der Waals surface area contributed by atoms with Gasteiger partial charge in [0.25, 0.3) is 11.8 Å². The summed E-state index contributed by atoms with van der Waals surface area (Å²) in [5.41, 5.74) is 2.48. The van der Waals surface area contributed by atoms with Crippen molar-refractivity contribution in [3.63, 3.8) is 0 Å². The zero-order chi connectivity index (χ0) is 19.7. The second-order valence-corrected chi connectivity index (χ2v) is 7.40. The number of rotatable bonds is 6. The third-order valence-electron chi connectivity index (χ3n) is 4.74. The summed E-state index contributed by atoms with van der Waals surface area (Å²) >= 11 is 1.60. The molecule has 2 aromatic heterocycles. The molecule has 28 heavy (non-hydrogen) atoms. The summed E-state index contributed by atoms with van der Waals surface area (Å²) in [5.74, 6) is -1.24. The Balaban J connectivity index is 1.38. The van der Waals surface area contributed by atoms with E-state index in [-0.39, 0.29) is 5.91 Å². The highest BCUT2D eigenvalue weighted by atomic mass is 32.1. The van der Waals surface area contributed by atoms with Gasteiger partial charge in [-0.3, -0.25) is 19.3 Å². The molecule has 0 spiro atoms. The van der Waals surface area contributed by atoms with E-state index >= 15 is 0 Å². The van der Waals surface area contributed by atoms with Gasteiger partial charge in [-0.25, -0.2) is 4.98 Å².